The Morgan fingerprint density at radius 2 is 1.90 bits per heavy atom. The number of benzene rings is 1. The van der Waals surface area contributed by atoms with Crippen molar-refractivity contribution in [1.82, 2.24) is 5.32 Å². The van der Waals surface area contributed by atoms with Gasteiger partial charge < -0.3 is 9.73 Å². The Kier molecular flexibility index (Phi) is 4.27. The molecule has 1 atom stereocenters. The monoisotopic (exact) mass is 294 g/mol. The van der Waals surface area contributed by atoms with E-state index in [0.29, 0.717) is 6.54 Å². The van der Waals surface area contributed by atoms with Crippen molar-refractivity contribution in [2.24, 2.45) is 5.14 Å². The number of nitrogens with one attached hydrogen (secondary N) is 1. The Morgan fingerprint density at radius 3 is 2.40 bits per heavy atom. The first-order valence-corrected chi connectivity index (χ1v) is 7.81. The van der Waals surface area contributed by atoms with Crippen LogP contribution in [0.4, 0.5) is 0 Å². The topological polar surface area (TPSA) is 85.3 Å². The molecule has 0 bridgehead atoms. The predicted octanol–water partition coefficient (Wildman–Crippen LogP) is 2.09. The van der Waals surface area contributed by atoms with E-state index >= 15 is 0 Å². The third kappa shape index (κ3) is 3.47. The fourth-order valence-electron chi connectivity index (χ4n) is 1.90. The number of hydrogen-bond acceptors (Lipinski definition) is 4. The van der Waals surface area contributed by atoms with Crippen LogP contribution >= 0.6 is 0 Å². The summed E-state index contributed by atoms with van der Waals surface area (Å²) in [6, 6.07) is 8.54. The van der Waals surface area contributed by atoms with E-state index in [2.05, 4.69) is 5.32 Å². The van der Waals surface area contributed by atoms with Gasteiger partial charge in [-0.1, -0.05) is 12.1 Å². The molecule has 1 aromatic heterocycles. The van der Waals surface area contributed by atoms with E-state index in [0.717, 1.165) is 16.9 Å². The van der Waals surface area contributed by atoms with E-state index in [1.54, 1.807) is 18.4 Å². The van der Waals surface area contributed by atoms with E-state index in [4.69, 9.17) is 9.56 Å². The van der Waals surface area contributed by atoms with Crippen LogP contribution in [-0.2, 0) is 16.6 Å². The van der Waals surface area contributed by atoms with Gasteiger partial charge >= 0.3 is 0 Å². The van der Waals surface area contributed by atoms with E-state index in [9.17, 15) is 8.42 Å². The first kappa shape index (κ1) is 14.8. The van der Waals surface area contributed by atoms with Crippen molar-refractivity contribution in [2.45, 2.75) is 31.3 Å². The van der Waals surface area contributed by atoms with Crippen LogP contribution in [-0.4, -0.2) is 8.42 Å². The summed E-state index contributed by atoms with van der Waals surface area (Å²) in [6.07, 6.45) is 1.66. The number of nitrogens with two attached hydrogens (primary N) is 1. The van der Waals surface area contributed by atoms with Gasteiger partial charge in [0.05, 0.1) is 17.7 Å². The molecule has 6 heteroatoms. The lowest BCUT2D eigenvalue weighted by Crippen LogP contribution is -2.18. The number of aryl methyl sites for hydroxylation is 1. The molecule has 0 aliphatic carbocycles. The molecule has 0 saturated heterocycles. The molecule has 0 radical (unpaired) electrons. The highest BCUT2D eigenvalue weighted by atomic mass is 32.2. The molecule has 5 nitrogen and oxygen atoms in total. The minimum absolute atomic E-state index is 0.0778. The first-order chi connectivity index (χ1) is 9.38. The second-order valence-electron chi connectivity index (χ2n) is 4.74. The average Bonchev–Trinajstić information content (AvgIpc) is 2.81. The third-order valence-corrected chi connectivity index (χ3v) is 4.17. The van der Waals surface area contributed by atoms with Crippen molar-refractivity contribution < 1.29 is 12.8 Å². The maximum absolute atomic E-state index is 11.2. The van der Waals surface area contributed by atoms with Crippen molar-refractivity contribution in [2.75, 3.05) is 0 Å². The van der Waals surface area contributed by atoms with Crippen LogP contribution in [0.25, 0.3) is 0 Å². The molecule has 1 unspecified atom stereocenters. The number of furan rings is 1. The van der Waals surface area contributed by atoms with Crippen molar-refractivity contribution in [1.29, 1.82) is 0 Å². The molecule has 3 N–H and O–H groups in total. The Morgan fingerprint density at radius 1 is 1.25 bits per heavy atom. The van der Waals surface area contributed by atoms with Crippen LogP contribution in [0.1, 0.15) is 29.9 Å². The van der Waals surface area contributed by atoms with E-state index in [-0.39, 0.29) is 10.9 Å². The number of rotatable bonds is 5. The lowest BCUT2D eigenvalue weighted by Gasteiger charge is -2.14. The standard InChI is InChI=1S/C14H18N2O3S/c1-10-7-8-19-14(10)9-16-11(2)12-3-5-13(6-4-12)20(15,17)18/h3-8,11,16H,9H2,1-2H3,(H2,15,17,18). The normalized spacial score (nSPS) is 13.3. The van der Waals surface area contributed by atoms with Gasteiger partial charge in [0.25, 0.3) is 0 Å². The molecule has 0 aliphatic heterocycles. The van der Waals surface area contributed by atoms with Crippen LogP contribution in [0.5, 0.6) is 0 Å². The molecule has 1 aromatic carbocycles. The molecular formula is C14H18N2O3S. The van der Waals surface area contributed by atoms with E-state index in [1.807, 2.05) is 19.9 Å². The van der Waals surface area contributed by atoms with Crippen LogP contribution < -0.4 is 10.5 Å². The lowest BCUT2D eigenvalue weighted by atomic mass is 10.1. The fraction of sp³-hybridized carbons (Fsp3) is 0.286. The van der Waals surface area contributed by atoms with Gasteiger partial charge in [0, 0.05) is 6.04 Å². The minimum Gasteiger partial charge on any atom is -0.468 e. The highest BCUT2D eigenvalue weighted by molar-refractivity contribution is 7.89. The molecule has 0 amide bonds. The largest absolute Gasteiger partial charge is 0.468 e. The van der Waals surface area contributed by atoms with Crippen LogP contribution in [0.3, 0.4) is 0 Å². The molecule has 0 fully saturated rings. The van der Waals surface area contributed by atoms with Gasteiger partial charge in [0.1, 0.15) is 5.76 Å². The highest BCUT2D eigenvalue weighted by Crippen LogP contribution is 2.17. The van der Waals surface area contributed by atoms with Gasteiger partial charge in [-0.25, -0.2) is 13.6 Å². The SMILES string of the molecule is Cc1ccoc1CNC(C)c1ccc(S(N)(=O)=O)cc1. The molecule has 1 heterocycles. The summed E-state index contributed by atoms with van der Waals surface area (Å²) in [7, 11) is -3.63. The number of sulfonamides is 1. The fourth-order valence-corrected chi connectivity index (χ4v) is 2.41. The molecule has 20 heavy (non-hydrogen) atoms. The smallest absolute Gasteiger partial charge is 0.238 e. The van der Waals surface area contributed by atoms with Gasteiger partial charge in [-0.15, -0.1) is 0 Å². The zero-order valence-electron chi connectivity index (χ0n) is 11.5. The van der Waals surface area contributed by atoms with Crippen molar-refractivity contribution in [3.05, 3.63) is 53.5 Å². The molecule has 0 aliphatic rings. The zero-order chi connectivity index (χ0) is 14.8. The third-order valence-electron chi connectivity index (χ3n) is 3.25. The summed E-state index contributed by atoms with van der Waals surface area (Å²) in [5, 5.41) is 8.39. The molecule has 2 aromatic rings. The van der Waals surface area contributed by atoms with Crippen molar-refractivity contribution in [3.8, 4) is 0 Å². The van der Waals surface area contributed by atoms with Crippen molar-refractivity contribution >= 4 is 10.0 Å². The summed E-state index contributed by atoms with van der Waals surface area (Å²) < 4.78 is 27.7. The summed E-state index contributed by atoms with van der Waals surface area (Å²) in [5.74, 6) is 0.901. The Hall–Kier alpha value is -1.63. The van der Waals surface area contributed by atoms with E-state index < -0.39 is 10.0 Å². The maximum Gasteiger partial charge on any atom is 0.238 e. The number of primary sulfonamides is 1. The molecule has 0 spiro atoms. The molecule has 0 saturated carbocycles. The molecule has 108 valence electrons. The molecule has 2 rings (SSSR count). The maximum atomic E-state index is 11.2. The predicted molar refractivity (Wildman–Crippen MR) is 76.5 cm³/mol. The van der Waals surface area contributed by atoms with Gasteiger partial charge in [0.15, 0.2) is 0 Å². The number of hydrogen-bond donors (Lipinski definition) is 2. The van der Waals surface area contributed by atoms with Crippen molar-refractivity contribution in [3.63, 3.8) is 0 Å². The summed E-state index contributed by atoms with van der Waals surface area (Å²) in [4.78, 5) is 0.121. The Balaban J connectivity index is 2.03. The van der Waals surface area contributed by atoms with Gasteiger partial charge in [0.2, 0.25) is 10.0 Å². The Labute approximate surface area is 118 Å². The summed E-state index contributed by atoms with van der Waals surface area (Å²) in [5.41, 5.74) is 2.09. The lowest BCUT2D eigenvalue weighted by molar-refractivity contribution is 0.458. The minimum atomic E-state index is -3.63. The van der Waals surface area contributed by atoms with Gasteiger partial charge in [-0.3, -0.25) is 0 Å². The van der Waals surface area contributed by atoms with Gasteiger partial charge in [-0.2, -0.15) is 0 Å². The quantitative estimate of drug-likeness (QED) is 0.884. The highest BCUT2D eigenvalue weighted by Gasteiger charge is 2.10. The van der Waals surface area contributed by atoms with E-state index in [1.165, 1.54) is 12.1 Å². The van der Waals surface area contributed by atoms with Crippen LogP contribution in [0.15, 0.2) is 45.9 Å². The van der Waals surface area contributed by atoms with Crippen LogP contribution in [0.2, 0.25) is 0 Å². The second-order valence-corrected chi connectivity index (χ2v) is 6.30. The average molecular weight is 294 g/mol. The van der Waals surface area contributed by atoms with Gasteiger partial charge in [-0.05, 0) is 43.2 Å². The first-order valence-electron chi connectivity index (χ1n) is 6.27. The zero-order valence-corrected chi connectivity index (χ0v) is 12.3. The van der Waals surface area contributed by atoms with Crippen LogP contribution in [0, 0.1) is 6.92 Å². The second kappa shape index (κ2) is 5.78. The summed E-state index contributed by atoms with van der Waals surface area (Å²) in [6.45, 7) is 4.62. The molecular weight excluding hydrogens is 276 g/mol. The Bertz CT molecular complexity index is 675. The summed E-state index contributed by atoms with van der Waals surface area (Å²) >= 11 is 0.